The number of carbonyl (C=O) groups is 1. The molecule has 1 aromatic heterocycles. The van der Waals surface area contributed by atoms with Crippen molar-refractivity contribution in [1.82, 2.24) is 9.97 Å². The highest BCUT2D eigenvalue weighted by Gasteiger charge is 2.06. The van der Waals surface area contributed by atoms with Gasteiger partial charge < -0.3 is 10.4 Å². The van der Waals surface area contributed by atoms with Gasteiger partial charge in [-0.2, -0.15) is 11.8 Å². The van der Waals surface area contributed by atoms with E-state index in [-0.39, 0.29) is 11.7 Å². The van der Waals surface area contributed by atoms with Crippen molar-refractivity contribution in [2.75, 3.05) is 16.8 Å². The second-order valence-corrected chi connectivity index (χ2v) is 4.62. The van der Waals surface area contributed by atoms with Gasteiger partial charge in [0.1, 0.15) is 5.82 Å². The molecule has 5 nitrogen and oxygen atoms in total. The molecule has 16 heavy (non-hydrogen) atoms. The molecular weight excluding hydrogens is 226 g/mol. The third-order valence-electron chi connectivity index (χ3n) is 1.84. The lowest BCUT2D eigenvalue weighted by atomic mass is 10.4. The average Bonchev–Trinajstić information content (AvgIpc) is 2.27. The zero-order valence-corrected chi connectivity index (χ0v) is 10.1. The fourth-order valence-electron chi connectivity index (χ4n) is 1.10. The predicted octanol–water partition coefficient (Wildman–Crippen LogP) is 1.73. The molecule has 0 fully saturated rings. The number of nitrogens with one attached hydrogen (secondary N) is 1. The van der Waals surface area contributed by atoms with Crippen LogP contribution in [0, 0.1) is 0 Å². The fourth-order valence-corrected chi connectivity index (χ4v) is 1.77. The first kappa shape index (κ1) is 12.8. The Bertz CT molecular complexity index is 342. The Morgan fingerprint density at radius 2 is 2.31 bits per heavy atom. The monoisotopic (exact) mass is 241 g/mol. The molecule has 88 valence electrons. The molecule has 6 heteroatoms. The van der Waals surface area contributed by atoms with Crippen LogP contribution in [-0.2, 0) is 0 Å². The summed E-state index contributed by atoms with van der Waals surface area (Å²) in [5, 5.41) is 11.8. The zero-order chi connectivity index (χ0) is 12.0. The number of anilines is 1. The standard InChI is InChI=1S/C10H15N3O2S/c1-3-16-6-7(2)13-9-5-11-8(4-12-9)10(14)15/h4-5,7H,3,6H2,1-2H3,(H,12,13)(H,14,15). The largest absolute Gasteiger partial charge is 0.476 e. The van der Waals surface area contributed by atoms with Crippen LogP contribution in [0.25, 0.3) is 0 Å². The Morgan fingerprint density at radius 1 is 1.56 bits per heavy atom. The lowest BCUT2D eigenvalue weighted by Gasteiger charge is -2.13. The average molecular weight is 241 g/mol. The van der Waals surface area contributed by atoms with Crippen LogP contribution in [0.1, 0.15) is 24.3 Å². The predicted molar refractivity (Wildman–Crippen MR) is 65.1 cm³/mol. The number of carboxylic acid groups (broad SMARTS) is 1. The van der Waals surface area contributed by atoms with E-state index < -0.39 is 5.97 Å². The van der Waals surface area contributed by atoms with Crippen LogP contribution in [0.5, 0.6) is 0 Å². The van der Waals surface area contributed by atoms with Gasteiger partial charge in [0.15, 0.2) is 5.69 Å². The summed E-state index contributed by atoms with van der Waals surface area (Å²) < 4.78 is 0. The third-order valence-corrected chi connectivity index (χ3v) is 2.98. The molecule has 0 saturated carbocycles. The van der Waals surface area contributed by atoms with Crippen molar-refractivity contribution in [3.05, 3.63) is 18.1 Å². The maximum absolute atomic E-state index is 10.5. The molecule has 1 aromatic rings. The summed E-state index contributed by atoms with van der Waals surface area (Å²) in [6, 6.07) is 0.287. The SMILES string of the molecule is CCSCC(C)Nc1cnc(C(=O)O)cn1. The molecule has 1 unspecified atom stereocenters. The van der Waals surface area contributed by atoms with E-state index in [0.717, 1.165) is 11.5 Å². The normalized spacial score (nSPS) is 12.1. The van der Waals surface area contributed by atoms with E-state index in [1.807, 2.05) is 11.8 Å². The van der Waals surface area contributed by atoms with Crippen molar-refractivity contribution in [2.45, 2.75) is 19.9 Å². The Labute approximate surface area is 98.7 Å². The maximum Gasteiger partial charge on any atom is 0.356 e. The summed E-state index contributed by atoms with van der Waals surface area (Å²) in [6.45, 7) is 4.16. The fraction of sp³-hybridized carbons (Fsp3) is 0.500. The van der Waals surface area contributed by atoms with E-state index in [9.17, 15) is 4.79 Å². The summed E-state index contributed by atoms with van der Waals surface area (Å²) >= 11 is 1.84. The smallest absolute Gasteiger partial charge is 0.356 e. The first-order chi connectivity index (χ1) is 7.63. The van der Waals surface area contributed by atoms with Crippen molar-refractivity contribution < 1.29 is 9.90 Å². The van der Waals surface area contributed by atoms with Gasteiger partial charge in [-0.3, -0.25) is 0 Å². The van der Waals surface area contributed by atoms with Crippen molar-refractivity contribution in [2.24, 2.45) is 0 Å². The van der Waals surface area contributed by atoms with Gasteiger partial charge in [0, 0.05) is 11.8 Å². The summed E-state index contributed by atoms with van der Waals surface area (Å²) in [5.41, 5.74) is -0.0406. The molecule has 0 aliphatic carbocycles. The van der Waals surface area contributed by atoms with Gasteiger partial charge in [0.2, 0.25) is 0 Å². The molecule has 1 heterocycles. The Hall–Kier alpha value is -1.30. The van der Waals surface area contributed by atoms with E-state index >= 15 is 0 Å². The van der Waals surface area contributed by atoms with Gasteiger partial charge >= 0.3 is 5.97 Å². The lowest BCUT2D eigenvalue weighted by molar-refractivity contribution is 0.0690. The Kier molecular flexibility index (Phi) is 5.04. The topological polar surface area (TPSA) is 75.1 Å². The second kappa shape index (κ2) is 6.32. The second-order valence-electron chi connectivity index (χ2n) is 3.30. The minimum absolute atomic E-state index is 0.0406. The molecule has 0 amide bonds. The molecule has 2 N–H and O–H groups in total. The van der Waals surface area contributed by atoms with E-state index in [4.69, 9.17) is 5.11 Å². The molecule has 0 saturated heterocycles. The van der Waals surface area contributed by atoms with Gasteiger partial charge in [-0.25, -0.2) is 14.8 Å². The molecule has 1 atom stereocenters. The number of hydrogen-bond donors (Lipinski definition) is 2. The molecule has 0 aliphatic rings. The van der Waals surface area contributed by atoms with Crippen LogP contribution < -0.4 is 5.32 Å². The van der Waals surface area contributed by atoms with E-state index in [1.54, 1.807) is 0 Å². The highest BCUT2D eigenvalue weighted by Crippen LogP contribution is 2.07. The number of aromatic carboxylic acids is 1. The van der Waals surface area contributed by atoms with Crippen LogP contribution in [0.3, 0.4) is 0 Å². The van der Waals surface area contributed by atoms with E-state index in [1.165, 1.54) is 12.4 Å². The minimum Gasteiger partial charge on any atom is -0.476 e. The minimum atomic E-state index is -1.06. The highest BCUT2D eigenvalue weighted by atomic mass is 32.2. The summed E-state index contributed by atoms with van der Waals surface area (Å²) in [7, 11) is 0. The van der Waals surface area contributed by atoms with Crippen LogP contribution >= 0.6 is 11.8 Å². The number of hydrogen-bond acceptors (Lipinski definition) is 5. The Balaban J connectivity index is 2.51. The first-order valence-electron chi connectivity index (χ1n) is 5.03. The van der Waals surface area contributed by atoms with E-state index in [0.29, 0.717) is 5.82 Å². The van der Waals surface area contributed by atoms with Crippen molar-refractivity contribution in [3.8, 4) is 0 Å². The maximum atomic E-state index is 10.5. The molecule has 1 rings (SSSR count). The van der Waals surface area contributed by atoms with Crippen LogP contribution in [0.15, 0.2) is 12.4 Å². The molecule has 0 radical (unpaired) electrons. The van der Waals surface area contributed by atoms with Gasteiger partial charge in [0.25, 0.3) is 0 Å². The zero-order valence-electron chi connectivity index (χ0n) is 9.30. The number of rotatable bonds is 6. The van der Waals surface area contributed by atoms with Gasteiger partial charge in [0.05, 0.1) is 12.4 Å². The van der Waals surface area contributed by atoms with Crippen molar-refractivity contribution >= 4 is 23.5 Å². The van der Waals surface area contributed by atoms with Crippen molar-refractivity contribution in [3.63, 3.8) is 0 Å². The summed E-state index contributed by atoms with van der Waals surface area (Å²) in [6.07, 6.45) is 2.70. The van der Waals surface area contributed by atoms with Gasteiger partial charge in [-0.05, 0) is 12.7 Å². The van der Waals surface area contributed by atoms with Crippen LogP contribution in [0.4, 0.5) is 5.82 Å². The highest BCUT2D eigenvalue weighted by molar-refractivity contribution is 7.99. The number of thioether (sulfide) groups is 1. The van der Waals surface area contributed by atoms with Crippen LogP contribution in [0.2, 0.25) is 0 Å². The van der Waals surface area contributed by atoms with E-state index in [2.05, 4.69) is 29.1 Å². The molecule has 0 aromatic carbocycles. The number of carboxylic acids is 1. The Morgan fingerprint density at radius 3 is 2.81 bits per heavy atom. The number of nitrogens with zero attached hydrogens (tertiary/aromatic N) is 2. The van der Waals surface area contributed by atoms with Crippen molar-refractivity contribution in [1.29, 1.82) is 0 Å². The summed E-state index contributed by atoms with van der Waals surface area (Å²) in [4.78, 5) is 18.3. The van der Waals surface area contributed by atoms with Gasteiger partial charge in [-0.15, -0.1) is 0 Å². The van der Waals surface area contributed by atoms with Gasteiger partial charge in [-0.1, -0.05) is 6.92 Å². The molecule has 0 bridgehead atoms. The quantitative estimate of drug-likeness (QED) is 0.790. The molecular formula is C10H15N3O2S. The third kappa shape index (κ3) is 4.06. The molecule has 0 spiro atoms. The lowest BCUT2D eigenvalue weighted by Crippen LogP contribution is -2.19. The van der Waals surface area contributed by atoms with Crippen LogP contribution in [-0.4, -0.2) is 38.6 Å². The first-order valence-corrected chi connectivity index (χ1v) is 6.18. The molecule has 0 aliphatic heterocycles. The number of aromatic nitrogens is 2. The summed E-state index contributed by atoms with van der Waals surface area (Å²) in [5.74, 6) is 1.61.